The normalized spacial score (nSPS) is 15.8. The summed E-state index contributed by atoms with van der Waals surface area (Å²) in [5.74, 6) is 1.18. The molecule has 1 aliphatic rings. The minimum Gasteiger partial charge on any atom is -0.493 e. The Balaban J connectivity index is 1.56. The number of rotatable bonds is 7. The number of Topliss-reactive ketones (excluding diaryl/α,β-unsaturated/α-hetero) is 1. The molecule has 1 aliphatic heterocycles. The fraction of sp³-hybridized carbons (Fsp3) is 0.391. The van der Waals surface area contributed by atoms with Crippen molar-refractivity contribution in [3.8, 4) is 11.5 Å². The lowest BCUT2D eigenvalue weighted by atomic mass is 9.73. The van der Waals surface area contributed by atoms with Crippen LogP contribution in [0.1, 0.15) is 42.2 Å². The highest BCUT2D eigenvalue weighted by Gasteiger charge is 2.38. The molecule has 0 spiro atoms. The van der Waals surface area contributed by atoms with Crippen LogP contribution in [0.5, 0.6) is 11.5 Å². The maximum Gasteiger partial charge on any atom is 0.168 e. The highest BCUT2D eigenvalue weighted by molar-refractivity contribution is 6.31. The van der Waals surface area contributed by atoms with Gasteiger partial charge in [-0.25, -0.2) is 0 Å². The highest BCUT2D eigenvalue weighted by atomic mass is 35.5. The third kappa shape index (κ3) is 4.02. The predicted octanol–water partition coefficient (Wildman–Crippen LogP) is 4.78. The molecule has 0 unspecified atom stereocenters. The average molecular weight is 429 g/mol. The topological polar surface area (TPSA) is 73.6 Å². The number of hydrogen-bond acceptors (Lipinski definition) is 6. The number of aromatic nitrogens is 1. The van der Waals surface area contributed by atoms with E-state index in [4.69, 9.17) is 25.6 Å². The monoisotopic (exact) mass is 428 g/mol. The molecule has 0 saturated carbocycles. The number of halogens is 1. The van der Waals surface area contributed by atoms with Crippen molar-refractivity contribution in [3.05, 3.63) is 52.7 Å². The van der Waals surface area contributed by atoms with Gasteiger partial charge in [0.15, 0.2) is 22.9 Å². The van der Waals surface area contributed by atoms with E-state index >= 15 is 0 Å². The Labute approximate surface area is 180 Å². The maximum absolute atomic E-state index is 11.6. The van der Waals surface area contributed by atoms with Gasteiger partial charge in [0, 0.05) is 27.5 Å². The van der Waals surface area contributed by atoms with Crippen LogP contribution in [-0.2, 0) is 5.41 Å². The predicted molar refractivity (Wildman–Crippen MR) is 116 cm³/mol. The number of nitrogens with zero attached hydrogens (tertiary/aromatic N) is 1. The number of benzene rings is 2. The average Bonchev–Trinajstić information content (AvgIpc) is 3.18. The van der Waals surface area contributed by atoms with E-state index in [0.29, 0.717) is 34.3 Å². The SMILES string of the molecule is COc1cc(C(C)=O)ccc1OCCC1(c2noc3cc(Cl)ccc23)CCNCC1. The second-order valence-electron chi connectivity index (χ2n) is 7.72. The molecule has 0 bridgehead atoms. The summed E-state index contributed by atoms with van der Waals surface area (Å²) in [6, 6.07) is 10.9. The van der Waals surface area contributed by atoms with E-state index in [9.17, 15) is 4.79 Å². The summed E-state index contributed by atoms with van der Waals surface area (Å²) < 4.78 is 17.1. The van der Waals surface area contributed by atoms with Crippen LogP contribution >= 0.6 is 11.6 Å². The van der Waals surface area contributed by atoms with E-state index in [1.165, 1.54) is 6.92 Å². The number of piperidine rings is 1. The van der Waals surface area contributed by atoms with Crippen molar-refractivity contribution in [1.82, 2.24) is 10.5 Å². The molecule has 0 aliphatic carbocycles. The lowest BCUT2D eigenvalue weighted by Crippen LogP contribution is -2.41. The summed E-state index contributed by atoms with van der Waals surface area (Å²) in [6.07, 6.45) is 2.68. The smallest absolute Gasteiger partial charge is 0.168 e. The van der Waals surface area contributed by atoms with Gasteiger partial charge in [-0.3, -0.25) is 4.79 Å². The fourth-order valence-electron chi connectivity index (χ4n) is 4.17. The van der Waals surface area contributed by atoms with Gasteiger partial charge in [0.1, 0.15) is 0 Å². The van der Waals surface area contributed by atoms with Gasteiger partial charge >= 0.3 is 0 Å². The third-order valence-electron chi connectivity index (χ3n) is 5.91. The van der Waals surface area contributed by atoms with Crippen LogP contribution in [0.15, 0.2) is 40.9 Å². The first-order chi connectivity index (χ1) is 14.5. The lowest BCUT2D eigenvalue weighted by Gasteiger charge is -2.36. The van der Waals surface area contributed by atoms with E-state index in [-0.39, 0.29) is 11.2 Å². The number of fused-ring (bicyclic) bond motifs is 1. The van der Waals surface area contributed by atoms with E-state index in [1.807, 2.05) is 12.1 Å². The molecule has 2 heterocycles. The zero-order valence-corrected chi connectivity index (χ0v) is 17.9. The second kappa shape index (κ2) is 8.66. The summed E-state index contributed by atoms with van der Waals surface area (Å²) in [5.41, 5.74) is 2.13. The van der Waals surface area contributed by atoms with Gasteiger partial charge in [0.05, 0.1) is 19.4 Å². The molecule has 0 amide bonds. The van der Waals surface area contributed by atoms with Crippen LogP contribution < -0.4 is 14.8 Å². The summed E-state index contributed by atoms with van der Waals surface area (Å²) in [5, 5.41) is 9.51. The zero-order valence-electron chi connectivity index (χ0n) is 17.2. The number of carbonyl (C=O) groups excluding carboxylic acids is 1. The standard InChI is InChI=1S/C23H25ClN2O4/c1-15(27)16-3-6-19(21(13-16)28-2)29-12-9-23(7-10-25-11-8-23)22-18-5-4-17(24)14-20(18)30-26-22/h3-6,13-14,25H,7-12H2,1-2H3. The molecule has 0 radical (unpaired) electrons. The molecular formula is C23H25ClN2O4. The second-order valence-corrected chi connectivity index (χ2v) is 8.16. The van der Waals surface area contributed by atoms with E-state index < -0.39 is 0 Å². The maximum atomic E-state index is 11.6. The first-order valence-corrected chi connectivity index (χ1v) is 10.5. The Bertz CT molecular complexity index is 1060. The first kappa shape index (κ1) is 20.7. The Morgan fingerprint density at radius 1 is 1.20 bits per heavy atom. The largest absolute Gasteiger partial charge is 0.493 e. The zero-order chi connectivity index (χ0) is 21.1. The van der Waals surface area contributed by atoms with Crippen LogP contribution in [-0.4, -0.2) is 37.7 Å². The number of ether oxygens (including phenoxy) is 2. The number of carbonyl (C=O) groups is 1. The molecular weight excluding hydrogens is 404 g/mol. The minimum atomic E-state index is -0.142. The minimum absolute atomic E-state index is 0.00785. The van der Waals surface area contributed by atoms with E-state index in [0.717, 1.165) is 43.4 Å². The molecule has 1 saturated heterocycles. The third-order valence-corrected chi connectivity index (χ3v) is 6.14. The summed E-state index contributed by atoms with van der Waals surface area (Å²) >= 11 is 6.11. The van der Waals surface area contributed by atoms with Gasteiger partial charge in [-0.1, -0.05) is 16.8 Å². The molecule has 1 N–H and O–H groups in total. The molecule has 0 atom stereocenters. The number of methoxy groups -OCH3 is 1. The van der Waals surface area contributed by atoms with Crippen LogP contribution in [0.4, 0.5) is 0 Å². The van der Waals surface area contributed by atoms with Gasteiger partial charge in [-0.05, 0) is 69.6 Å². The van der Waals surface area contributed by atoms with Crippen molar-refractivity contribution in [2.75, 3.05) is 26.8 Å². The van der Waals surface area contributed by atoms with Crippen molar-refractivity contribution in [3.63, 3.8) is 0 Å². The van der Waals surface area contributed by atoms with Crippen molar-refractivity contribution in [2.45, 2.75) is 31.6 Å². The molecule has 2 aromatic carbocycles. The van der Waals surface area contributed by atoms with E-state index in [1.54, 1.807) is 31.4 Å². The first-order valence-electron chi connectivity index (χ1n) is 10.1. The van der Waals surface area contributed by atoms with E-state index in [2.05, 4.69) is 10.5 Å². The number of ketones is 1. The van der Waals surface area contributed by atoms with Gasteiger partial charge in [0.25, 0.3) is 0 Å². The summed E-state index contributed by atoms with van der Waals surface area (Å²) in [6.45, 7) is 3.86. The Hall–Kier alpha value is -2.57. The molecule has 3 aromatic rings. The molecule has 158 valence electrons. The molecule has 4 rings (SSSR count). The van der Waals surface area contributed by atoms with Crippen LogP contribution in [0.3, 0.4) is 0 Å². The van der Waals surface area contributed by atoms with Crippen molar-refractivity contribution in [1.29, 1.82) is 0 Å². The Morgan fingerprint density at radius 2 is 2.00 bits per heavy atom. The molecule has 6 nitrogen and oxygen atoms in total. The highest BCUT2D eigenvalue weighted by Crippen LogP contribution is 2.41. The fourth-order valence-corrected chi connectivity index (χ4v) is 4.33. The molecule has 30 heavy (non-hydrogen) atoms. The summed E-state index contributed by atoms with van der Waals surface area (Å²) in [7, 11) is 1.58. The summed E-state index contributed by atoms with van der Waals surface area (Å²) in [4.78, 5) is 11.6. The lowest BCUT2D eigenvalue weighted by molar-refractivity contribution is 0.101. The Morgan fingerprint density at radius 3 is 2.73 bits per heavy atom. The van der Waals surface area contributed by atoms with Crippen LogP contribution in [0, 0.1) is 0 Å². The van der Waals surface area contributed by atoms with Crippen molar-refractivity contribution >= 4 is 28.4 Å². The van der Waals surface area contributed by atoms with Crippen molar-refractivity contribution in [2.24, 2.45) is 0 Å². The Kier molecular flexibility index (Phi) is 5.97. The van der Waals surface area contributed by atoms with Crippen LogP contribution in [0.2, 0.25) is 5.02 Å². The number of nitrogens with one attached hydrogen (secondary N) is 1. The van der Waals surface area contributed by atoms with Crippen LogP contribution in [0.25, 0.3) is 11.0 Å². The molecule has 7 heteroatoms. The molecule has 1 aromatic heterocycles. The quantitative estimate of drug-likeness (QED) is 0.546. The molecule has 1 fully saturated rings. The van der Waals surface area contributed by atoms with Gasteiger partial charge in [0.2, 0.25) is 0 Å². The van der Waals surface area contributed by atoms with Gasteiger partial charge in [-0.2, -0.15) is 0 Å². The van der Waals surface area contributed by atoms with Gasteiger partial charge < -0.3 is 19.3 Å². The van der Waals surface area contributed by atoms with Gasteiger partial charge in [-0.15, -0.1) is 0 Å². The number of hydrogen-bond donors (Lipinski definition) is 1. The van der Waals surface area contributed by atoms with Crippen molar-refractivity contribution < 1.29 is 18.8 Å².